The molecule has 4 heteroatoms. The van der Waals surface area contributed by atoms with Gasteiger partial charge in [-0.1, -0.05) is 0 Å². The van der Waals surface area contributed by atoms with E-state index in [2.05, 4.69) is 5.43 Å². The van der Waals surface area contributed by atoms with Crippen molar-refractivity contribution in [1.82, 2.24) is 4.68 Å². The fraction of sp³-hybridized carbons (Fsp3) is 0.333. The molecule has 0 spiro atoms. The molecule has 4 N–H and O–H groups in total. The van der Waals surface area contributed by atoms with E-state index in [1.165, 1.54) is 6.20 Å². The van der Waals surface area contributed by atoms with Crippen LogP contribution in [-0.4, -0.2) is 16.3 Å². The molecule has 1 rings (SSSR count). The zero-order valence-corrected chi connectivity index (χ0v) is 5.83. The molecular formula is C6H11N3O. The summed E-state index contributed by atoms with van der Waals surface area (Å²) in [6.45, 7) is 2.76. The number of aromatic nitrogens is 1. The van der Waals surface area contributed by atoms with Crippen LogP contribution >= 0.6 is 0 Å². The van der Waals surface area contributed by atoms with Crippen molar-refractivity contribution in [3.63, 3.8) is 0 Å². The van der Waals surface area contributed by atoms with Gasteiger partial charge in [0, 0.05) is 6.54 Å². The first kappa shape index (κ1) is 6.80. The molecule has 0 fully saturated rings. The van der Waals surface area contributed by atoms with E-state index in [9.17, 15) is 0 Å². The average molecular weight is 141 g/mol. The van der Waals surface area contributed by atoms with Crippen LogP contribution in [0.15, 0.2) is 12.4 Å². The Kier molecular flexibility index (Phi) is 1.71. The topological polar surface area (TPSA) is 63.2 Å². The number of hydrogen-bond donors (Lipinski definition) is 3. The van der Waals surface area contributed by atoms with Crippen LogP contribution in [0.25, 0.3) is 0 Å². The Balaban J connectivity index is 2.77. The molecule has 1 aromatic rings. The van der Waals surface area contributed by atoms with Crippen molar-refractivity contribution in [2.45, 2.75) is 6.92 Å². The first-order valence-electron chi connectivity index (χ1n) is 3.14. The maximum Gasteiger partial charge on any atom is 0.158 e. The van der Waals surface area contributed by atoms with E-state index in [1.807, 2.05) is 6.92 Å². The molecule has 0 aliphatic heterocycles. The lowest BCUT2D eigenvalue weighted by molar-refractivity contribution is 0.477. The van der Waals surface area contributed by atoms with Crippen molar-refractivity contribution in [2.75, 3.05) is 17.7 Å². The second-order valence-electron chi connectivity index (χ2n) is 2.02. The van der Waals surface area contributed by atoms with E-state index >= 15 is 0 Å². The molecule has 0 atom stereocenters. The minimum absolute atomic E-state index is 0.112. The molecule has 56 valence electrons. The quantitative estimate of drug-likeness (QED) is 0.556. The minimum atomic E-state index is 0.112. The van der Waals surface area contributed by atoms with Gasteiger partial charge in [-0.3, -0.25) is 4.68 Å². The van der Waals surface area contributed by atoms with Gasteiger partial charge in [0.15, 0.2) is 5.75 Å². The average Bonchev–Trinajstić information content (AvgIpc) is 2.14. The Bertz CT molecular complexity index is 199. The van der Waals surface area contributed by atoms with Crippen molar-refractivity contribution >= 4 is 5.69 Å². The third-order valence-corrected chi connectivity index (χ3v) is 1.18. The van der Waals surface area contributed by atoms with E-state index in [0.717, 1.165) is 6.54 Å². The molecule has 0 radical (unpaired) electrons. The SMILES string of the molecule is CCNn1cc(N)c(O)c1. The summed E-state index contributed by atoms with van der Waals surface area (Å²) in [6.07, 6.45) is 3.15. The monoisotopic (exact) mass is 141 g/mol. The number of nitrogen functional groups attached to an aromatic ring is 1. The molecule has 4 nitrogen and oxygen atoms in total. The predicted octanol–water partition coefficient (Wildman–Crippen LogP) is 0.339. The van der Waals surface area contributed by atoms with E-state index in [-0.39, 0.29) is 5.75 Å². The van der Waals surface area contributed by atoms with Crippen molar-refractivity contribution in [3.8, 4) is 5.75 Å². The standard InChI is InChI=1S/C6H11N3O/c1-2-8-9-3-5(7)6(10)4-9/h3-4,8,10H,2,7H2,1H3. The highest BCUT2D eigenvalue weighted by Crippen LogP contribution is 2.18. The number of aromatic hydroxyl groups is 1. The Morgan fingerprint density at radius 2 is 2.40 bits per heavy atom. The highest BCUT2D eigenvalue weighted by Gasteiger charge is 1.98. The largest absolute Gasteiger partial charge is 0.504 e. The lowest BCUT2D eigenvalue weighted by Gasteiger charge is -2.00. The summed E-state index contributed by atoms with van der Waals surface area (Å²) in [5.41, 5.74) is 8.70. The van der Waals surface area contributed by atoms with Crippen LogP contribution in [0, 0.1) is 0 Å². The molecule has 10 heavy (non-hydrogen) atoms. The molecule has 1 aromatic heterocycles. The summed E-state index contributed by atoms with van der Waals surface area (Å²) in [5.74, 6) is 0.112. The van der Waals surface area contributed by atoms with Crippen LogP contribution in [0.3, 0.4) is 0 Å². The fourth-order valence-electron chi connectivity index (χ4n) is 0.733. The van der Waals surface area contributed by atoms with Crippen LogP contribution in [0.1, 0.15) is 6.92 Å². The molecule has 0 saturated carbocycles. The Hall–Kier alpha value is -1.32. The van der Waals surface area contributed by atoms with Crippen molar-refractivity contribution in [2.24, 2.45) is 0 Å². The first-order valence-corrected chi connectivity index (χ1v) is 3.14. The highest BCUT2D eigenvalue weighted by molar-refractivity contribution is 5.49. The predicted molar refractivity (Wildman–Crippen MR) is 40.4 cm³/mol. The molecule has 0 saturated heterocycles. The van der Waals surface area contributed by atoms with Crippen LogP contribution in [0.4, 0.5) is 5.69 Å². The van der Waals surface area contributed by atoms with Gasteiger partial charge in [-0.15, -0.1) is 0 Å². The number of nitrogens with zero attached hydrogens (tertiary/aromatic N) is 1. The van der Waals surface area contributed by atoms with Gasteiger partial charge in [0.05, 0.1) is 18.1 Å². The summed E-state index contributed by atoms with van der Waals surface area (Å²) in [4.78, 5) is 0. The number of nitrogens with one attached hydrogen (secondary N) is 1. The molecule has 0 aromatic carbocycles. The van der Waals surface area contributed by atoms with Gasteiger partial charge in [0.25, 0.3) is 0 Å². The van der Waals surface area contributed by atoms with Crippen LogP contribution < -0.4 is 11.2 Å². The Morgan fingerprint density at radius 3 is 2.80 bits per heavy atom. The van der Waals surface area contributed by atoms with Gasteiger partial charge < -0.3 is 16.3 Å². The van der Waals surface area contributed by atoms with Gasteiger partial charge in [-0.05, 0) is 6.92 Å². The zero-order valence-electron chi connectivity index (χ0n) is 5.83. The molecule has 0 unspecified atom stereocenters. The van der Waals surface area contributed by atoms with E-state index in [0.29, 0.717) is 5.69 Å². The number of rotatable bonds is 2. The molecule has 0 aliphatic rings. The molecule has 0 bridgehead atoms. The third kappa shape index (κ3) is 1.15. The van der Waals surface area contributed by atoms with Crippen molar-refractivity contribution in [1.29, 1.82) is 0 Å². The minimum Gasteiger partial charge on any atom is -0.504 e. The second-order valence-corrected chi connectivity index (χ2v) is 2.02. The van der Waals surface area contributed by atoms with Crippen LogP contribution in [0.2, 0.25) is 0 Å². The van der Waals surface area contributed by atoms with E-state index in [1.54, 1.807) is 10.9 Å². The van der Waals surface area contributed by atoms with Crippen LogP contribution in [-0.2, 0) is 0 Å². The summed E-state index contributed by atoms with van der Waals surface area (Å²) in [6, 6.07) is 0. The van der Waals surface area contributed by atoms with Gasteiger partial charge in [0.2, 0.25) is 0 Å². The summed E-state index contributed by atoms with van der Waals surface area (Å²) in [5, 5.41) is 8.98. The maximum atomic E-state index is 8.98. The fourth-order valence-corrected chi connectivity index (χ4v) is 0.733. The van der Waals surface area contributed by atoms with Gasteiger partial charge in [-0.2, -0.15) is 0 Å². The first-order chi connectivity index (χ1) is 4.74. The summed E-state index contributed by atoms with van der Waals surface area (Å²) < 4.78 is 1.63. The van der Waals surface area contributed by atoms with Gasteiger partial charge >= 0.3 is 0 Å². The van der Waals surface area contributed by atoms with Crippen molar-refractivity contribution < 1.29 is 5.11 Å². The molecular weight excluding hydrogens is 130 g/mol. The maximum absolute atomic E-state index is 8.98. The van der Waals surface area contributed by atoms with Crippen LogP contribution in [0.5, 0.6) is 5.75 Å². The zero-order chi connectivity index (χ0) is 7.56. The number of anilines is 1. The smallest absolute Gasteiger partial charge is 0.158 e. The second kappa shape index (κ2) is 2.51. The van der Waals surface area contributed by atoms with E-state index in [4.69, 9.17) is 10.8 Å². The lowest BCUT2D eigenvalue weighted by atomic mass is 10.5. The summed E-state index contributed by atoms with van der Waals surface area (Å²) in [7, 11) is 0. The molecule has 1 heterocycles. The normalized spacial score (nSPS) is 9.70. The highest BCUT2D eigenvalue weighted by atomic mass is 16.3. The van der Waals surface area contributed by atoms with Crippen molar-refractivity contribution in [3.05, 3.63) is 12.4 Å². The number of nitrogens with two attached hydrogens (primary N) is 1. The third-order valence-electron chi connectivity index (χ3n) is 1.18. The van der Waals surface area contributed by atoms with Gasteiger partial charge in [0.1, 0.15) is 0 Å². The molecule has 0 amide bonds. The Labute approximate surface area is 59.2 Å². The summed E-state index contributed by atoms with van der Waals surface area (Å²) >= 11 is 0. The lowest BCUT2D eigenvalue weighted by Crippen LogP contribution is -2.10. The van der Waals surface area contributed by atoms with E-state index < -0.39 is 0 Å². The number of hydrogen-bond acceptors (Lipinski definition) is 3. The Morgan fingerprint density at radius 1 is 1.70 bits per heavy atom. The molecule has 0 aliphatic carbocycles. The van der Waals surface area contributed by atoms with Gasteiger partial charge in [-0.25, -0.2) is 0 Å².